The molecule has 1 nitrogen and oxygen atoms in total. The SMILES string of the molecule is CC=N/C(=C\C)c1ccc(CC)cc1. The van der Waals surface area contributed by atoms with Crippen molar-refractivity contribution in [3.05, 3.63) is 41.5 Å². The van der Waals surface area contributed by atoms with Gasteiger partial charge in [0, 0.05) is 6.21 Å². The summed E-state index contributed by atoms with van der Waals surface area (Å²) in [6.07, 6.45) is 4.94. The summed E-state index contributed by atoms with van der Waals surface area (Å²) in [5.74, 6) is 0. The van der Waals surface area contributed by atoms with Crippen LogP contribution in [-0.2, 0) is 6.42 Å². The van der Waals surface area contributed by atoms with E-state index in [1.165, 1.54) is 11.1 Å². The van der Waals surface area contributed by atoms with Gasteiger partial charge in [-0.25, -0.2) is 0 Å². The molecule has 0 bridgehead atoms. The van der Waals surface area contributed by atoms with E-state index in [0.717, 1.165) is 12.1 Å². The van der Waals surface area contributed by atoms with Crippen molar-refractivity contribution in [1.29, 1.82) is 0 Å². The molecule has 0 saturated carbocycles. The molecule has 1 aromatic carbocycles. The first kappa shape index (κ1) is 10.7. The van der Waals surface area contributed by atoms with Crippen molar-refractivity contribution < 1.29 is 0 Å². The van der Waals surface area contributed by atoms with Crippen LogP contribution >= 0.6 is 0 Å². The van der Waals surface area contributed by atoms with Crippen molar-refractivity contribution in [2.75, 3.05) is 0 Å². The minimum absolute atomic E-state index is 1.04. The third-order valence-electron chi connectivity index (χ3n) is 2.20. The normalized spacial score (nSPS) is 12.4. The molecule has 0 radical (unpaired) electrons. The zero-order valence-corrected chi connectivity index (χ0v) is 9.12. The molecule has 1 heteroatoms. The minimum Gasteiger partial charge on any atom is -0.261 e. The zero-order valence-electron chi connectivity index (χ0n) is 9.12. The number of aryl methyl sites for hydroxylation is 1. The van der Waals surface area contributed by atoms with Crippen LogP contribution < -0.4 is 0 Å². The highest BCUT2D eigenvalue weighted by Crippen LogP contribution is 2.16. The van der Waals surface area contributed by atoms with Crippen LogP contribution in [0.2, 0.25) is 0 Å². The topological polar surface area (TPSA) is 12.4 Å². The van der Waals surface area contributed by atoms with Crippen LogP contribution in [0.15, 0.2) is 35.3 Å². The van der Waals surface area contributed by atoms with Crippen molar-refractivity contribution in [3.8, 4) is 0 Å². The fraction of sp³-hybridized carbons (Fsp3) is 0.308. The fourth-order valence-electron chi connectivity index (χ4n) is 1.37. The summed E-state index contributed by atoms with van der Waals surface area (Å²) in [4.78, 5) is 4.30. The van der Waals surface area contributed by atoms with Gasteiger partial charge in [0.15, 0.2) is 0 Å². The Morgan fingerprint density at radius 1 is 1.21 bits per heavy atom. The van der Waals surface area contributed by atoms with E-state index in [4.69, 9.17) is 0 Å². The number of hydrogen-bond donors (Lipinski definition) is 0. The second-order valence-corrected chi connectivity index (χ2v) is 3.11. The predicted molar refractivity (Wildman–Crippen MR) is 63.6 cm³/mol. The summed E-state index contributed by atoms with van der Waals surface area (Å²) in [6, 6.07) is 8.57. The Balaban J connectivity index is 2.96. The molecule has 0 atom stereocenters. The lowest BCUT2D eigenvalue weighted by Crippen LogP contribution is -1.84. The van der Waals surface area contributed by atoms with Crippen molar-refractivity contribution >= 4 is 11.9 Å². The molecule has 0 amide bonds. The number of hydrogen-bond acceptors (Lipinski definition) is 1. The average Bonchev–Trinajstić information content (AvgIpc) is 2.26. The van der Waals surface area contributed by atoms with E-state index in [1.807, 2.05) is 26.1 Å². The maximum atomic E-state index is 4.30. The molecule has 0 spiro atoms. The van der Waals surface area contributed by atoms with Crippen molar-refractivity contribution in [3.63, 3.8) is 0 Å². The Hall–Kier alpha value is -1.37. The molecule has 0 saturated heterocycles. The first-order valence-electron chi connectivity index (χ1n) is 5.06. The number of benzene rings is 1. The lowest BCUT2D eigenvalue weighted by atomic mass is 10.1. The largest absolute Gasteiger partial charge is 0.261 e. The standard InChI is InChI=1S/C13H17N/c1-4-11-7-9-12(10-8-11)13(5-2)14-6-3/h5-10H,4H2,1-3H3/b13-5-,14-6?. The Kier molecular flexibility index (Phi) is 4.11. The number of aliphatic imine (C=N–C) groups is 1. The van der Waals surface area contributed by atoms with Gasteiger partial charge in [0.2, 0.25) is 0 Å². The van der Waals surface area contributed by atoms with Crippen LogP contribution in [0.5, 0.6) is 0 Å². The van der Waals surface area contributed by atoms with E-state index in [1.54, 1.807) is 0 Å². The van der Waals surface area contributed by atoms with E-state index < -0.39 is 0 Å². The van der Waals surface area contributed by atoms with Crippen LogP contribution in [0.25, 0.3) is 5.70 Å². The molecule has 0 aliphatic rings. The van der Waals surface area contributed by atoms with E-state index in [9.17, 15) is 0 Å². The summed E-state index contributed by atoms with van der Waals surface area (Å²) in [5.41, 5.74) is 3.59. The van der Waals surface area contributed by atoms with Gasteiger partial charge < -0.3 is 0 Å². The Morgan fingerprint density at radius 2 is 1.86 bits per heavy atom. The molecule has 74 valence electrons. The van der Waals surface area contributed by atoms with Gasteiger partial charge in [0.1, 0.15) is 0 Å². The zero-order chi connectivity index (χ0) is 10.4. The first-order chi connectivity index (χ1) is 6.81. The molecule has 0 aliphatic heterocycles. The molecule has 0 aliphatic carbocycles. The Morgan fingerprint density at radius 3 is 2.29 bits per heavy atom. The molecule has 0 fully saturated rings. The van der Waals surface area contributed by atoms with Crippen LogP contribution in [0, 0.1) is 0 Å². The Bertz CT molecular complexity index is 331. The maximum Gasteiger partial charge on any atom is 0.0655 e. The van der Waals surface area contributed by atoms with Crippen LogP contribution in [0.4, 0.5) is 0 Å². The molecule has 1 rings (SSSR count). The average molecular weight is 187 g/mol. The number of nitrogens with zero attached hydrogens (tertiary/aromatic N) is 1. The second kappa shape index (κ2) is 5.38. The number of allylic oxidation sites excluding steroid dienone is 1. The quantitative estimate of drug-likeness (QED) is 0.640. The van der Waals surface area contributed by atoms with E-state index >= 15 is 0 Å². The smallest absolute Gasteiger partial charge is 0.0655 e. The molecular formula is C13H17N. The van der Waals surface area contributed by atoms with Gasteiger partial charge in [-0.2, -0.15) is 0 Å². The summed E-state index contributed by atoms with van der Waals surface area (Å²) >= 11 is 0. The van der Waals surface area contributed by atoms with E-state index in [-0.39, 0.29) is 0 Å². The molecule has 14 heavy (non-hydrogen) atoms. The van der Waals surface area contributed by atoms with Crippen LogP contribution in [-0.4, -0.2) is 6.21 Å². The summed E-state index contributed by atoms with van der Waals surface area (Å²) in [5, 5.41) is 0. The Labute approximate surface area is 86.2 Å². The molecule has 1 aromatic rings. The second-order valence-electron chi connectivity index (χ2n) is 3.11. The lowest BCUT2D eigenvalue weighted by Gasteiger charge is -2.02. The number of rotatable bonds is 3. The highest BCUT2D eigenvalue weighted by molar-refractivity contribution is 5.72. The van der Waals surface area contributed by atoms with Gasteiger partial charge in [0.05, 0.1) is 5.70 Å². The van der Waals surface area contributed by atoms with Crippen molar-refractivity contribution in [2.24, 2.45) is 4.99 Å². The van der Waals surface area contributed by atoms with E-state index in [0.29, 0.717) is 0 Å². The maximum absolute atomic E-state index is 4.30. The minimum atomic E-state index is 1.04. The molecular weight excluding hydrogens is 170 g/mol. The third-order valence-corrected chi connectivity index (χ3v) is 2.20. The molecule has 0 heterocycles. The summed E-state index contributed by atoms with van der Waals surface area (Å²) in [7, 11) is 0. The highest BCUT2D eigenvalue weighted by atomic mass is 14.7. The fourth-order valence-corrected chi connectivity index (χ4v) is 1.37. The summed E-state index contributed by atoms with van der Waals surface area (Å²) < 4.78 is 0. The van der Waals surface area contributed by atoms with Gasteiger partial charge in [-0.1, -0.05) is 37.3 Å². The summed E-state index contributed by atoms with van der Waals surface area (Å²) in [6.45, 7) is 6.11. The third kappa shape index (κ3) is 2.56. The van der Waals surface area contributed by atoms with Crippen molar-refractivity contribution in [1.82, 2.24) is 0 Å². The predicted octanol–water partition coefficient (Wildman–Crippen LogP) is 3.70. The van der Waals surface area contributed by atoms with Gasteiger partial charge in [-0.05, 0) is 31.4 Å². The van der Waals surface area contributed by atoms with Crippen LogP contribution in [0.1, 0.15) is 31.9 Å². The van der Waals surface area contributed by atoms with Crippen LogP contribution in [0.3, 0.4) is 0 Å². The highest BCUT2D eigenvalue weighted by Gasteiger charge is 1.96. The monoisotopic (exact) mass is 187 g/mol. The van der Waals surface area contributed by atoms with E-state index in [2.05, 4.69) is 36.2 Å². The first-order valence-corrected chi connectivity index (χ1v) is 5.06. The molecule has 0 unspecified atom stereocenters. The molecule has 0 aromatic heterocycles. The van der Waals surface area contributed by atoms with Gasteiger partial charge in [0.25, 0.3) is 0 Å². The van der Waals surface area contributed by atoms with Crippen molar-refractivity contribution in [2.45, 2.75) is 27.2 Å². The van der Waals surface area contributed by atoms with Gasteiger partial charge in [-0.3, -0.25) is 4.99 Å². The van der Waals surface area contributed by atoms with Gasteiger partial charge >= 0.3 is 0 Å². The lowest BCUT2D eigenvalue weighted by molar-refractivity contribution is 1.14. The van der Waals surface area contributed by atoms with Gasteiger partial charge in [-0.15, -0.1) is 0 Å². The molecule has 0 N–H and O–H groups in total.